The minimum absolute atomic E-state index is 0.512. The average Bonchev–Trinajstić information content (AvgIpc) is 3.18. The maximum absolute atomic E-state index is 2.68. The summed E-state index contributed by atoms with van der Waals surface area (Å²) in [5, 5.41) is 0. The van der Waals surface area contributed by atoms with Crippen LogP contribution in [0.5, 0.6) is 0 Å². The molecule has 2 spiro atoms. The second-order valence-corrected chi connectivity index (χ2v) is 10.2. The second-order valence-electron chi connectivity index (χ2n) is 10.2. The monoisotopic (exact) mass is 314 g/mol. The van der Waals surface area contributed by atoms with E-state index < -0.39 is 0 Å². The van der Waals surface area contributed by atoms with Gasteiger partial charge in [0.1, 0.15) is 0 Å². The van der Waals surface area contributed by atoms with E-state index in [1.54, 1.807) is 38.5 Å². The van der Waals surface area contributed by atoms with Crippen LogP contribution in [0, 0.1) is 28.1 Å². The molecule has 0 aliphatic heterocycles. The first kappa shape index (κ1) is 16.2. The SMILES string of the molecule is CC(C)(C1C=CCC1)C1C2(CCCCC2)CCC12CCCCC2. The Bertz CT molecular complexity index is 417. The molecule has 0 aromatic rings. The van der Waals surface area contributed by atoms with Crippen molar-refractivity contribution in [3.63, 3.8) is 0 Å². The molecule has 1 atom stereocenters. The van der Waals surface area contributed by atoms with Gasteiger partial charge in [-0.2, -0.15) is 0 Å². The Labute approximate surface area is 144 Å². The standard InChI is InChI=1S/C23H38/c1-21(2,19-11-5-6-12-19)20-22(13-7-3-8-14-22)17-18-23(20)15-9-4-10-16-23/h5,11,19-20H,3-4,6-10,12-18H2,1-2H3. The molecule has 4 aliphatic rings. The van der Waals surface area contributed by atoms with E-state index in [-0.39, 0.29) is 0 Å². The van der Waals surface area contributed by atoms with Crippen LogP contribution in [0.15, 0.2) is 12.2 Å². The van der Waals surface area contributed by atoms with Crippen LogP contribution >= 0.6 is 0 Å². The van der Waals surface area contributed by atoms with Gasteiger partial charge in [-0.15, -0.1) is 0 Å². The van der Waals surface area contributed by atoms with E-state index in [2.05, 4.69) is 26.0 Å². The minimum atomic E-state index is 0.512. The summed E-state index contributed by atoms with van der Waals surface area (Å²) in [7, 11) is 0. The largest absolute Gasteiger partial charge is 0.0882 e. The minimum Gasteiger partial charge on any atom is -0.0882 e. The molecule has 4 rings (SSSR count). The maximum Gasteiger partial charge on any atom is -0.0176 e. The van der Waals surface area contributed by atoms with Crippen molar-refractivity contribution in [2.24, 2.45) is 28.1 Å². The van der Waals surface area contributed by atoms with Gasteiger partial charge in [0.2, 0.25) is 0 Å². The van der Waals surface area contributed by atoms with Crippen molar-refractivity contribution in [2.75, 3.05) is 0 Å². The summed E-state index contributed by atoms with van der Waals surface area (Å²) < 4.78 is 0. The molecule has 0 amide bonds. The number of allylic oxidation sites excluding steroid dienone is 2. The van der Waals surface area contributed by atoms with Gasteiger partial charge in [-0.25, -0.2) is 0 Å². The van der Waals surface area contributed by atoms with Crippen molar-refractivity contribution in [2.45, 2.75) is 104 Å². The van der Waals surface area contributed by atoms with E-state index in [0.717, 1.165) is 22.7 Å². The fraction of sp³-hybridized carbons (Fsp3) is 0.913. The first-order valence-electron chi connectivity index (χ1n) is 10.8. The van der Waals surface area contributed by atoms with Crippen molar-refractivity contribution in [3.05, 3.63) is 12.2 Å². The van der Waals surface area contributed by atoms with E-state index in [9.17, 15) is 0 Å². The molecule has 130 valence electrons. The van der Waals surface area contributed by atoms with Crippen LogP contribution in [0.2, 0.25) is 0 Å². The zero-order valence-corrected chi connectivity index (χ0v) is 15.7. The third kappa shape index (κ3) is 2.54. The van der Waals surface area contributed by atoms with E-state index >= 15 is 0 Å². The van der Waals surface area contributed by atoms with Crippen molar-refractivity contribution >= 4 is 0 Å². The topological polar surface area (TPSA) is 0 Å². The van der Waals surface area contributed by atoms with Crippen LogP contribution in [0.3, 0.4) is 0 Å². The highest BCUT2D eigenvalue weighted by Crippen LogP contribution is 2.70. The molecule has 0 heterocycles. The second kappa shape index (κ2) is 5.92. The summed E-state index contributed by atoms with van der Waals surface area (Å²) in [4.78, 5) is 0. The zero-order valence-electron chi connectivity index (χ0n) is 15.7. The van der Waals surface area contributed by atoms with E-state index in [1.807, 2.05) is 0 Å². The normalized spacial score (nSPS) is 33.7. The highest BCUT2D eigenvalue weighted by Gasteiger charge is 2.61. The van der Waals surface area contributed by atoms with Gasteiger partial charge in [-0.05, 0) is 79.4 Å². The average molecular weight is 315 g/mol. The van der Waals surface area contributed by atoms with Crippen molar-refractivity contribution < 1.29 is 0 Å². The molecular weight excluding hydrogens is 276 g/mol. The summed E-state index contributed by atoms with van der Waals surface area (Å²) in [6.45, 7) is 5.35. The van der Waals surface area contributed by atoms with Crippen LogP contribution in [0.4, 0.5) is 0 Å². The highest BCUT2D eigenvalue weighted by atomic mass is 14.7. The highest BCUT2D eigenvalue weighted by molar-refractivity contribution is 5.14. The number of hydrogen-bond donors (Lipinski definition) is 0. The van der Waals surface area contributed by atoms with Crippen LogP contribution in [-0.4, -0.2) is 0 Å². The molecule has 4 aliphatic carbocycles. The van der Waals surface area contributed by atoms with Gasteiger partial charge >= 0.3 is 0 Å². The fourth-order valence-electron chi connectivity index (χ4n) is 8.07. The summed E-state index contributed by atoms with van der Waals surface area (Å²) in [5.41, 5.74) is 1.95. The quantitative estimate of drug-likeness (QED) is 0.469. The molecule has 3 fully saturated rings. The predicted octanol–water partition coefficient (Wildman–Crippen LogP) is 7.29. The molecule has 0 aromatic heterocycles. The van der Waals surface area contributed by atoms with E-state index in [1.165, 1.54) is 51.4 Å². The number of hydrogen-bond acceptors (Lipinski definition) is 0. The Kier molecular flexibility index (Phi) is 4.18. The van der Waals surface area contributed by atoms with E-state index in [0.29, 0.717) is 5.41 Å². The van der Waals surface area contributed by atoms with Gasteiger partial charge < -0.3 is 0 Å². The van der Waals surface area contributed by atoms with Gasteiger partial charge in [0.15, 0.2) is 0 Å². The molecule has 3 saturated carbocycles. The molecule has 0 saturated heterocycles. The molecule has 1 unspecified atom stereocenters. The van der Waals surface area contributed by atoms with Gasteiger partial charge in [-0.3, -0.25) is 0 Å². The lowest BCUT2D eigenvalue weighted by Gasteiger charge is -2.56. The Balaban J connectivity index is 1.72. The van der Waals surface area contributed by atoms with Crippen LogP contribution in [0.1, 0.15) is 104 Å². The molecule has 0 aromatic carbocycles. The molecule has 0 nitrogen and oxygen atoms in total. The maximum atomic E-state index is 2.68. The van der Waals surface area contributed by atoms with Gasteiger partial charge in [-0.1, -0.05) is 64.5 Å². The molecule has 0 heteroatoms. The zero-order chi connectivity index (χ0) is 16.0. The van der Waals surface area contributed by atoms with E-state index in [4.69, 9.17) is 0 Å². The first-order valence-corrected chi connectivity index (χ1v) is 10.8. The third-order valence-corrected chi connectivity index (χ3v) is 8.76. The van der Waals surface area contributed by atoms with Gasteiger partial charge in [0.25, 0.3) is 0 Å². The van der Waals surface area contributed by atoms with Crippen molar-refractivity contribution in [1.29, 1.82) is 0 Å². The third-order valence-electron chi connectivity index (χ3n) is 8.76. The fourth-order valence-corrected chi connectivity index (χ4v) is 8.07. The Morgan fingerprint density at radius 1 is 0.739 bits per heavy atom. The molecule has 0 bridgehead atoms. The van der Waals surface area contributed by atoms with Gasteiger partial charge in [0, 0.05) is 0 Å². The van der Waals surface area contributed by atoms with Crippen molar-refractivity contribution in [3.8, 4) is 0 Å². The predicted molar refractivity (Wildman–Crippen MR) is 99.4 cm³/mol. The lowest BCUT2D eigenvalue weighted by molar-refractivity contribution is -0.0649. The Hall–Kier alpha value is -0.260. The number of rotatable bonds is 2. The lowest BCUT2D eigenvalue weighted by Crippen LogP contribution is -2.48. The van der Waals surface area contributed by atoms with Crippen LogP contribution in [-0.2, 0) is 0 Å². The smallest absolute Gasteiger partial charge is 0.0176 e. The van der Waals surface area contributed by atoms with Gasteiger partial charge in [0.05, 0.1) is 0 Å². The molecular formula is C23H38. The van der Waals surface area contributed by atoms with Crippen LogP contribution in [0.25, 0.3) is 0 Å². The van der Waals surface area contributed by atoms with Crippen LogP contribution < -0.4 is 0 Å². The summed E-state index contributed by atoms with van der Waals surface area (Å²) >= 11 is 0. The first-order chi connectivity index (χ1) is 11.1. The summed E-state index contributed by atoms with van der Waals surface area (Å²) in [5.74, 6) is 1.85. The lowest BCUT2D eigenvalue weighted by atomic mass is 9.49. The summed E-state index contributed by atoms with van der Waals surface area (Å²) in [6, 6.07) is 0. The molecule has 0 N–H and O–H groups in total. The molecule has 0 radical (unpaired) electrons. The Morgan fingerprint density at radius 2 is 1.26 bits per heavy atom. The summed E-state index contributed by atoms with van der Waals surface area (Å²) in [6.07, 6.45) is 26.3. The Morgan fingerprint density at radius 3 is 1.70 bits per heavy atom. The van der Waals surface area contributed by atoms with Crippen molar-refractivity contribution in [1.82, 2.24) is 0 Å². The molecule has 23 heavy (non-hydrogen) atoms.